The maximum Gasteiger partial charge on any atom is 0.416 e. The van der Waals surface area contributed by atoms with Crippen LogP contribution < -0.4 is 58.1 Å². The average molecular weight is 1890 g/mol. The van der Waals surface area contributed by atoms with Gasteiger partial charge in [-0.3, -0.25) is 29.8 Å². The molecular formula is C98H96Cl4F3N21O8. The molecule has 7 heterocycles. The number of carboxylic acids is 1. The number of aromatic carboxylic acids is 1. The van der Waals surface area contributed by atoms with Crippen molar-refractivity contribution >= 4 is 156 Å². The number of nitrogens with zero attached hydrogens (tertiary/aromatic N) is 14. The lowest BCUT2D eigenvalue weighted by Gasteiger charge is -2.31. The number of nitrogens with one attached hydrogen (secondary N) is 4. The lowest BCUT2D eigenvalue weighted by Crippen LogP contribution is -2.36. The number of carbonyl (C=O) groups excluding carboxylic acids is 2. The first-order chi connectivity index (χ1) is 64.0. The summed E-state index contributed by atoms with van der Waals surface area (Å²) in [7, 11) is 3.75. The third-order valence-corrected chi connectivity index (χ3v) is 22.5. The number of piperidine rings is 1. The normalized spacial score (nSPS) is 13.2. The number of benzene rings is 10. The molecule has 4 aliphatic heterocycles. The number of Topliss-reactive ketones (excluding diaryl/α,β-unsaturated/α-hetero) is 1. The van der Waals surface area contributed by atoms with E-state index in [4.69, 9.17) is 73.7 Å². The number of rotatable bonds is 17. The second-order valence-corrected chi connectivity index (χ2v) is 33.6. The number of hydrogen-bond donors (Lipinski definition) is 8. The number of nitro benzene ring substituents is 2. The van der Waals surface area contributed by atoms with Gasteiger partial charge in [0.05, 0.1) is 43.7 Å². The van der Waals surface area contributed by atoms with E-state index in [-0.39, 0.29) is 33.6 Å². The zero-order valence-corrected chi connectivity index (χ0v) is 77.0. The van der Waals surface area contributed by atoms with Crippen molar-refractivity contribution in [3.8, 4) is 0 Å². The molecule has 0 spiro atoms. The predicted octanol–water partition coefficient (Wildman–Crippen LogP) is 21.1. The first-order valence-corrected chi connectivity index (χ1v) is 43.6. The van der Waals surface area contributed by atoms with Gasteiger partial charge in [0.15, 0.2) is 11.7 Å². The standard InChI is InChI=1S/C28H23ClF3N5O.C20H18ClN5O2.C20H20ClN5.C15H19N3O3.C8H8O2.C7H8ClN3/c1-17-5-8-23(34-26(38)18-3-2-4-20(13-18)28(30,31)32)14-25(17)37-12-11-24-19(16-37)15-33-27(36-24)35-22-9-6-21(29)7-10-22;1-13-2-7-17(26(27)28)10-19(13)25-9-8-18-14(12-25)11-22-20(24-18)23-16-5-3-15(21)4-6-16;1-13-2-5-16(22)10-19(13)26-9-8-18-14(12-26)11-23-20(25-18)24-17-6-3-15(21)4-7-17;1-11-4-5-13(18(20)21)8-14(11)17-7-6-15(19)12(10-17)9-16(2)3;1-6-3-2-4-7(5-6)8(9)10;8-5-1-3-6(4-2-5)11-7(9)10/h2-10,13-15H,11-12,16H2,1H3,(H,34,38)(H,33,35,36);2-7,10-11H,8-9,12H2,1H3,(H,22,23,24);2-7,10-11H,8-9,12,22H2,1H3,(H,23,24,25);4-5,8-9H,6-7,10H2,1-3H3;2-5H,1H3,(H,9,10);1-4H,(H4,9,10,11)/b;;;12-9-;;. The molecule has 3 aromatic heterocycles. The summed E-state index contributed by atoms with van der Waals surface area (Å²) in [6.07, 6.45) is 5.59. The Balaban J connectivity index is 0.000000152. The molecular weight excluding hydrogens is 1800 g/mol. The van der Waals surface area contributed by atoms with Crippen molar-refractivity contribution < 1.29 is 42.5 Å². The number of ketones is 1. The van der Waals surface area contributed by atoms with Crippen molar-refractivity contribution in [1.29, 1.82) is 0 Å². The van der Waals surface area contributed by atoms with E-state index in [0.29, 0.717) is 100 Å². The zero-order valence-electron chi connectivity index (χ0n) is 74.0. The summed E-state index contributed by atoms with van der Waals surface area (Å²) in [5.41, 5.74) is 36.4. The molecule has 0 radical (unpaired) electrons. The summed E-state index contributed by atoms with van der Waals surface area (Å²) >= 11 is 23.4. The van der Waals surface area contributed by atoms with Crippen molar-refractivity contribution in [3.63, 3.8) is 0 Å². The molecule has 0 bridgehead atoms. The number of halogens is 7. The number of aromatic nitrogens is 6. The van der Waals surface area contributed by atoms with Crippen molar-refractivity contribution in [2.75, 3.05) is 93.4 Å². The van der Waals surface area contributed by atoms with Crippen molar-refractivity contribution in [3.05, 3.63) is 367 Å². The summed E-state index contributed by atoms with van der Waals surface area (Å²) in [6, 6.07) is 61.6. The number of carboxylic acid groups (broad SMARTS) is 1. The Bertz CT molecular complexity index is 6480. The smallest absolute Gasteiger partial charge is 0.416 e. The number of aliphatic imine (C=N–C) groups is 1. The van der Waals surface area contributed by atoms with Gasteiger partial charge in [-0.25, -0.2) is 39.7 Å². The number of guanidine groups is 1. The van der Waals surface area contributed by atoms with Gasteiger partial charge in [-0.1, -0.05) is 94.4 Å². The van der Waals surface area contributed by atoms with Crippen LogP contribution in [0.3, 0.4) is 0 Å². The molecule has 0 atom stereocenters. The highest BCUT2D eigenvalue weighted by molar-refractivity contribution is 6.31. The van der Waals surface area contributed by atoms with Crippen LogP contribution in [-0.4, -0.2) is 120 Å². The fourth-order valence-corrected chi connectivity index (χ4v) is 15.2. The van der Waals surface area contributed by atoms with E-state index < -0.39 is 28.5 Å². The topological polar surface area (TPSA) is 390 Å². The first kappa shape index (κ1) is 98.1. The van der Waals surface area contributed by atoms with E-state index >= 15 is 0 Å². The number of fused-ring (bicyclic) bond motifs is 3. The second kappa shape index (κ2) is 45.2. The summed E-state index contributed by atoms with van der Waals surface area (Å²) in [5, 5.41) is 45.6. The van der Waals surface area contributed by atoms with Crippen LogP contribution in [0.4, 0.5) is 99.3 Å². The highest BCUT2D eigenvalue weighted by Crippen LogP contribution is 2.37. The van der Waals surface area contributed by atoms with Crippen LogP contribution in [0.5, 0.6) is 0 Å². The van der Waals surface area contributed by atoms with Gasteiger partial charge < -0.3 is 68.1 Å². The van der Waals surface area contributed by atoms with E-state index in [1.807, 2.05) is 161 Å². The molecule has 29 nitrogen and oxygen atoms in total. The van der Waals surface area contributed by atoms with Crippen LogP contribution in [0.15, 0.2) is 254 Å². The number of alkyl halides is 3. The van der Waals surface area contributed by atoms with Crippen LogP contribution in [-0.2, 0) is 49.9 Å². The fraction of sp³-hybridized carbons (Fsp3) is 0.204. The maximum atomic E-state index is 13.0. The molecule has 11 N–H and O–H groups in total. The monoisotopic (exact) mass is 1890 g/mol. The number of carbonyl (C=O) groups is 3. The predicted molar refractivity (Wildman–Crippen MR) is 525 cm³/mol. The molecule has 134 heavy (non-hydrogen) atoms. The number of amides is 1. The fourth-order valence-electron chi connectivity index (χ4n) is 14.7. The van der Waals surface area contributed by atoms with E-state index in [1.165, 1.54) is 35.5 Å². The summed E-state index contributed by atoms with van der Waals surface area (Å²) in [4.78, 5) is 97.9. The third-order valence-electron chi connectivity index (χ3n) is 21.5. The molecule has 0 saturated carbocycles. The highest BCUT2D eigenvalue weighted by Gasteiger charge is 2.32. The largest absolute Gasteiger partial charge is 0.478 e. The van der Waals surface area contributed by atoms with Crippen molar-refractivity contribution in [2.45, 2.75) is 86.1 Å². The Morgan fingerprint density at radius 3 is 1.27 bits per heavy atom. The zero-order chi connectivity index (χ0) is 96.0. The lowest BCUT2D eigenvalue weighted by molar-refractivity contribution is -0.385. The Morgan fingerprint density at radius 2 is 0.866 bits per heavy atom. The molecule has 13 aromatic rings. The Kier molecular flexibility index (Phi) is 33.1. The first-order valence-electron chi connectivity index (χ1n) is 42.1. The van der Waals surface area contributed by atoms with Gasteiger partial charge in [-0.2, -0.15) is 13.2 Å². The highest BCUT2D eigenvalue weighted by atomic mass is 35.5. The second-order valence-electron chi connectivity index (χ2n) is 31.8. The van der Waals surface area contributed by atoms with Gasteiger partial charge in [0.25, 0.3) is 17.3 Å². The lowest BCUT2D eigenvalue weighted by atomic mass is 10.0. The van der Waals surface area contributed by atoms with Gasteiger partial charge in [0, 0.05) is 240 Å². The average Bonchev–Trinajstić information content (AvgIpc) is 0.807. The Morgan fingerprint density at radius 1 is 0.485 bits per heavy atom. The van der Waals surface area contributed by atoms with E-state index in [1.54, 1.807) is 91.1 Å². The minimum atomic E-state index is -4.52. The molecule has 1 saturated heterocycles. The Hall–Kier alpha value is -15.0. The van der Waals surface area contributed by atoms with Crippen LogP contribution in [0.1, 0.15) is 94.3 Å². The van der Waals surface area contributed by atoms with E-state index in [9.17, 15) is 47.8 Å². The number of non-ortho nitro benzene ring substituents is 2. The number of hydrogen-bond acceptors (Lipinski definition) is 23. The molecule has 4 aliphatic rings. The van der Waals surface area contributed by atoms with Gasteiger partial charge in [-0.15, -0.1) is 0 Å². The summed E-state index contributed by atoms with van der Waals surface area (Å²) < 4.78 is 39.1. The quantitative estimate of drug-likeness (QED) is 0.0105. The molecule has 0 aliphatic carbocycles. The minimum Gasteiger partial charge on any atom is -0.478 e. The van der Waals surface area contributed by atoms with Gasteiger partial charge >= 0.3 is 12.1 Å². The van der Waals surface area contributed by atoms with Crippen molar-refractivity contribution in [1.82, 2.24) is 34.8 Å². The molecule has 1 fully saturated rings. The molecule has 10 aromatic carbocycles. The van der Waals surface area contributed by atoms with Crippen LogP contribution >= 0.6 is 46.4 Å². The summed E-state index contributed by atoms with van der Waals surface area (Å²) in [5.74, 6) is 0.374. The van der Waals surface area contributed by atoms with Crippen LogP contribution in [0.25, 0.3) is 0 Å². The van der Waals surface area contributed by atoms with E-state index in [2.05, 4.69) is 78.9 Å². The molecule has 17 rings (SSSR count). The molecule has 36 heteroatoms. The number of anilines is 12. The third kappa shape index (κ3) is 27.8. The maximum absolute atomic E-state index is 13.0. The minimum absolute atomic E-state index is 0.0484. The number of aryl methyl sites for hydroxylation is 5. The SMILES string of the molecule is Cc1ccc(N)cc1N1CCc2nc(Nc3ccc(Cl)cc3)ncc2C1.Cc1ccc(NC(=O)c2cccc(C(F)(F)F)c2)cc1N1CCc2nc(Nc3ccc(Cl)cc3)ncc2C1.Cc1ccc([N+](=O)[O-])cc1N1CCC(=O)/C(=C\N(C)C)C1.Cc1ccc([N+](=O)[O-])cc1N1CCc2nc(Nc3ccc(Cl)cc3)ncc2C1.Cc1cccc(C(=O)O)c1.NC(N)=Nc1ccc(Cl)cc1. The molecule has 690 valence electrons. The van der Waals surface area contributed by atoms with E-state index in [0.717, 1.165) is 146 Å². The molecule has 0 unspecified atom stereocenters. The Labute approximate surface area is 791 Å². The van der Waals surface area contributed by atoms with Crippen LogP contribution in [0.2, 0.25) is 20.1 Å². The van der Waals surface area contributed by atoms with Crippen LogP contribution in [0, 0.1) is 54.8 Å². The van der Waals surface area contributed by atoms with Gasteiger partial charge in [0.2, 0.25) is 17.8 Å². The molecule has 1 amide bonds. The van der Waals surface area contributed by atoms with Gasteiger partial charge in [0.1, 0.15) is 0 Å². The number of nitro groups is 2. The summed E-state index contributed by atoms with van der Waals surface area (Å²) in [6.45, 7) is 15.3. The number of nitrogen functional groups attached to an aromatic ring is 1. The van der Waals surface area contributed by atoms with Crippen molar-refractivity contribution in [2.24, 2.45) is 16.5 Å². The number of nitrogens with two attached hydrogens (primary N) is 3. The van der Waals surface area contributed by atoms with Gasteiger partial charge in [-0.05, 0) is 209 Å².